The van der Waals surface area contributed by atoms with Crippen LogP contribution in [-0.2, 0) is 4.79 Å². The fourth-order valence-electron chi connectivity index (χ4n) is 3.24. The van der Waals surface area contributed by atoms with E-state index in [1.165, 1.54) is 4.90 Å². The second kappa shape index (κ2) is 5.24. The van der Waals surface area contributed by atoms with Crippen molar-refractivity contribution in [2.24, 2.45) is 5.41 Å². The Morgan fingerprint density at radius 2 is 1.85 bits per heavy atom. The molecule has 2 rings (SSSR count). The number of urea groups is 1. The summed E-state index contributed by atoms with van der Waals surface area (Å²) in [7, 11) is 1.68. The molecule has 0 aromatic carbocycles. The summed E-state index contributed by atoms with van der Waals surface area (Å²) >= 11 is 0. The maximum atomic E-state index is 12.3. The third-order valence-corrected chi connectivity index (χ3v) is 4.65. The highest BCUT2D eigenvalue weighted by atomic mass is 16.4. The first-order chi connectivity index (χ1) is 9.26. The van der Waals surface area contributed by atoms with Gasteiger partial charge in [0.25, 0.3) is 0 Å². The molecular weight excluding hydrogens is 260 g/mol. The Morgan fingerprint density at radius 3 is 2.35 bits per heavy atom. The molecule has 0 radical (unpaired) electrons. The predicted molar refractivity (Wildman–Crippen MR) is 73.4 cm³/mol. The van der Waals surface area contributed by atoms with Gasteiger partial charge in [-0.25, -0.2) is 4.79 Å². The molecule has 6 nitrogen and oxygen atoms in total. The summed E-state index contributed by atoms with van der Waals surface area (Å²) in [4.78, 5) is 26.6. The molecule has 0 aromatic rings. The SMILES string of the molecule is CN(CC1(O)CCCC1)C(=O)N1CCC(C)(C(=O)O)C1. The minimum Gasteiger partial charge on any atom is -0.481 e. The molecule has 114 valence electrons. The first-order valence-electron chi connectivity index (χ1n) is 7.22. The van der Waals surface area contributed by atoms with E-state index in [4.69, 9.17) is 0 Å². The molecule has 0 spiro atoms. The smallest absolute Gasteiger partial charge is 0.319 e. The van der Waals surface area contributed by atoms with Gasteiger partial charge in [0.2, 0.25) is 0 Å². The van der Waals surface area contributed by atoms with Crippen molar-refractivity contribution < 1.29 is 19.8 Å². The van der Waals surface area contributed by atoms with E-state index in [0.29, 0.717) is 19.5 Å². The van der Waals surface area contributed by atoms with E-state index >= 15 is 0 Å². The number of carbonyl (C=O) groups excluding carboxylic acids is 1. The largest absolute Gasteiger partial charge is 0.481 e. The van der Waals surface area contributed by atoms with Crippen LogP contribution >= 0.6 is 0 Å². The van der Waals surface area contributed by atoms with Crippen LogP contribution in [0.1, 0.15) is 39.0 Å². The monoisotopic (exact) mass is 284 g/mol. The zero-order valence-corrected chi connectivity index (χ0v) is 12.3. The Balaban J connectivity index is 1.93. The Bertz CT molecular complexity index is 406. The molecule has 20 heavy (non-hydrogen) atoms. The second-order valence-corrected chi connectivity index (χ2v) is 6.61. The van der Waals surface area contributed by atoms with Crippen LogP contribution in [0.25, 0.3) is 0 Å². The lowest BCUT2D eigenvalue weighted by Crippen LogP contribution is -2.47. The third-order valence-electron chi connectivity index (χ3n) is 4.65. The lowest BCUT2D eigenvalue weighted by atomic mass is 9.90. The zero-order valence-electron chi connectivity index (χ0n) is 12.3. The van der Waals surface area contributed by atoms with E-state index in [2.05, 4.69) is 0 Å². The van der Waals surface area contributed by atoms with Crippen molar-refractivity contribution in [1.82, 2.24) is 9.80 Å². The summed E-state index contributed by atoms with van der Waals surface area (Å²) in [5.41, 5.74) is -1.61. The Kier molecular flexibility index (Phi) is 3.95. The highest BCUT2D eigenvalue weighted by molar-refractivity contribution is 5.79. The number of likely N-dealkylation sites (N-methyl/N-ethyl adjacent to an activating group) is 1. The van der Waals surface area contributed by atoms with Gasteiger partial charge in [-0.05, 0) is 26.2 Å². The molecule has 2 fully saturated rings. The molecule has 1 atom stereocenters. The van der Waals surface area contributed by atoms with E-state index in [1.807, 2.05) is 0 Å². The number of amides is 2. The minimum atomic E-state index is -0.857. The third kappa shape index (κ3) is 2.90. The Labute approximate surface area is 119 Å². The van der Waals surface area contributed by atoms with Crippen molar-refractivity contribution in [3.63, 3.8) is 0 Å². The van der Waals surface area contributed by atoms with Gasteiger partial charge < -0.3 is 20.0 Å². The van der Waals surface area contributed by atoms with E-state index in [-0.39, 0.29) is 12.6 Å². The lowest BCUT2D eigenvalue weighted by molar-refractivity contribution is -0.147. The van der Waals surface area contributed by atoms with E-state index in [0.717, 1.165) is 25.7 Å². The highest BCUT2D eigenvalue weighted by Gasteiger charge is 2.43. The number of carboxylic acids is 1. The van der Waals surface area contributed by atoms with Crippen LogP contribution < -0.4 is 0 Å². The van der Waals surface area contributed by atoms with Gasteiger partial charge in [0.05, 0.1) is 17.6 Å². The van der Waals surface area contributed by atoms with Gasteiger partial charge in [0.15, 0.2) is 0 Å². The molecule has 1 saturated carbocycles. The van der Waals surface area contributed by atoms with E-state index in [1.54, 1.807) is 18.9 Å². The second-order valence-electron chi connectivity index (χ2n) is 6.61. The number of aliphatic hydroxyl groups is 1. The molecule has 6 heteroatoms. The zero-order chi connectivity index (χ0) is 15.0. The predicted octanol–water partition coefficient (Wildman–Crippen LogP) is 1.14. The summed E-state index contributed by atoms with van der Waals surface area (Å²) in [6.07, 6.45) is 3.94. The molecule has 1 saturated heterocycles. The maximum absolute atomic E-state index is 12.3. The summed E-state index contributed by atoms with van der Waals surface area (Å²) in [6.45, 7) is 2.70. The first kappa shape index (κ1) is 15.1. The topological polar surface area (TPSA) is 81.1 Å². The molecule has 1 aliphatic carbocycles. The molecule has 0 aromatic heterocycles. The number of carbonyl (C=O) groups is 2. The van der Waals surface area contributed by atoms with Crippen molar-refractivity contribution in [1.29, 1.82) is 0 Å². The summed E-state index contributed by atoms with van der Waals surface area (Å²) in [5.74, 6) is -0.857. The Hall–Kier alpha value is -1.30. The van der Waals surface area contributed by atoms with Crippen LogP contribution in [0.2, 0.25) is 0 Å². The maximum Gasteiger partial charge on any atom is 0.319 e. The van der Waals surface area contributed by atoms with Gasteiger partial charge in [-0.15, -0.1) is 0 Å². The van der Waals surface area contributed by atoms with Crippen molar-refractivity contribution in [3.8, 4) is 0 Å². The average molecular weight is 284 g/mol. The van der Waals surface area contributed by atoms with Gasteiger partial charge in [0.1, 0.15) is 0 Å². The molecule has 2 amide bonds. The number of nitrogens with zero attached hydrogens (tertiary/aromatic N) is 2. The number of hydrogen-bond donors (Lipinski definition) is 2. The number of hydrogen-bond acceptors (Lipinski definition) is 3. The van der Waals surface area contributed by atoms with E-state index in [9.17, 15) is 19.8 Å². The van der Waals surface area contributed by atoms with Crippen LogP contribution in [0.4, 0.5) is 4.79 Å². The fourth-order valence-corrected chi connectivity index (χ4v) is 3.24. The number of rotatable bonds is 3. The molecule has 2 aliphatic rings. The molecule has 1 aliphatic heterocycles. The van der Waals surface area contributed by atoms with Crippen molar-refractivity contribution in [3.05, 3.63) is 0 Å². The van der Waals surface area contributed by atoms with Gasteiger partial charge >= 0.3 is 12.0 Å². The quantitative estimate of drug-likeness (QED) is 0.814. The standard InChI is InChI=1S/C14H24N2O4/c1-13(11(17)18)7-8-16(9-13)12(19)15(2)10-14(20)5-3-4-6-14/h20H,3-10H2,1-2H3,(H,17,18). The van der Waals surface area contributed by atoms with Gasteiger partial charge in [0, 0.05) is 20.1 Å². The average Bonchev–Trinajstić information content (AvgIpc) is 2.96. The van der Waals surface area contributed by atoms with Crippen molar-refractivity contribution >= 4 is 12.0 Å². The van der Waals surface area contributed by atoms with Gasteiger partial charge in [-0.3, -0.25) is 4.79 Å². The summed E-state index contributed by atoms with van der Waals surface area (Å²) < 4.78 is 0. The minimum absolute atomic E-state index is 0.185. The van der Waals surface area contributed by atoms with Crippen LogP contribution in [0.15, 0.2) is 0 Å². The van der Waals surface area contributed by atoms with E-state index < -0.39 is 17.0 Å². The molecule has 1 unspecified atom stereocenters. The molecule has 0 bridgehead atoms. The van der Waals surface area contributed by atoms with Gasteiger partial charge in [-0.2, -0.15) is 0 Å². The van der Waals surface area contributed by atoms with Crippen LogP contribution in [0, 0.1) is 5.41 Å². The van der Waals surface area contributed by atoms with Crippen LogP contribution in [0.5, 0.6) is 0 Å². The Morgan fingerprint density at radius 1 is 1.25 bits per heavy atom. The highest BCUT2D eigenvalue weighted by Crippen LogP contribution is 2.32. The lowest BCUT2D eigenvalue weighted by Gasteiger charge is -2.31. The molecule has 2 N–H and O–H groups in total. The summed E-state index contributed by atoms with van der Waals surface area (Å²) in [6, 6.07) is -0.185. The fraction of sp³-hybridized carbons (Fsp3) is 0.857. The number of carboxylic acid groups (broad SMARTS) is 1. The number of aliphatic carboxylic acids is 1. The van der Waals surface area contributed by atoms with Crippen LogP contribution in [-0.4, -0.2) is 64.3 Å². The normalized spacial score (nSPS) is 28.6. The molecule has 1 heterocycles. The first-order valence-corrected chi connectivity index (χ1v) is 7.22. The van der Waals surface area contributed by atoms with Crippen molar-refractivity contribution in [2.45, 2.75) is 44.6 Å². The van der Waals surface area contributed by atoms with Crippen LogP contribution in [0.3, 0.4) is 0 Å². The van der Waals surface area contributed by atoms with Crippen molar-refractivity contribution in [2.75, 3.05) is 26.7 Å². The summed E-state index contributed by atoms with van der Waals surface area (Å²) in [5, 5.41) is 19.5. The molecular formula is C14H24N2O4. The van der Waals surface area contributed by atoms with Gasteiger partial charge in [-0.1, -0.05) is 12.8 Å². The number of likely N-dealkylation sites (tertiary alicyclic amines) is 1.